The SMILES string of the molecule is CC(N)C(=O)NC(CC(=O)O)C(=O)NC(CCCN=C(N)N)C(=O)NC(CC(=O)O)C(=O)O. The minimum absolute atomic E-state index is 0.0411. The molecule has 0 heterocycles. The summed E-state index contributed by atoms with van der Waals surface area (Å²) in [5.74, 6) is -7.69. The lowest BCUT2D eigenvalue weighted by Crippen LogP contribution is -2.57. The maximum absolute atomic E-state index is 12.6. The summed E-state index contributed by atoms with van der Waals surface area (Å²) in [6, 6.07) is -5.87. The second kappa shape index (κ2) is 14.2. The van der Waals surface area contributed by atoms with Gasteiger partial charge in [0.2, 0.25) is 17.7 Å². The van der Waals surface area contributed by atoms with E-state index in [2.05, 4.69) is 15.6 Å². The highest BCUT2D eigenvalue weighted by atomic mass is 16.4. The quantitative estimate of drug-likeness (QED) is 0.0620. The average Bonchev–Trinajstić information content (AvgIpc) is 2.67. The second-order valence-electron chi connectivity index (χ2n) is 6.95. The van der Waals surface area contributed by atoms with Crippen LogP contribution in [0.5, 0.6) is 0 Å². The van der Waals surface area contributed by atoms with Crippen molar-refractivity contribution in [2.45, 2.75) is 56.8 Å². The lowest BCUT2D eigenvalue weighted by atomic mass is 10.1. The predicted octanol–water partition coefficient (Wildman–Crippen LogP) is -4.12. The second-order valence-corrected chi connectivity index (χ2v) is 6.95. The van der Waals surface area contributed by atoms with E-state index < -0.39 is 72.6 Å². The molecule has 0 aliphatic carbocycles. The summed E-state index contributed by atoms with van der Waals surface area (Å²) in [6.07, 6.45) is -1.76. The first-order valence-electron chi connectivity index (χ1n) is 9.63. The zero-order chi connectivity index (χ0) is 25.7. The molecule has 16 heteroatoms. The number of nitrogens with two attached hydrogens (primary N) is 3. The van der Waals surface area contributed by atoms with Crippen molar-refractivity contribution in [1.29, 1.82) is 0 Å². The standard InChI is InChI=1S/C17H29N7O9/c1-7(18)13(29)23-9(5-11(25)26)15(31)22-8(3-2-4-21-17(19)20)14(30)24-10(16(32)33)6-12(27)28/h7-10H,2-6,18H2,1H3,(H,22,31)(H,23,29)(H,24,30)(H,25,26)(H,27,28)(H,32,33)(H4,19,20,21). The number of nitrogens with zero attached hydrogens (tertiary/aromatic N) is 1. The average molecular weight is 475 g/mol. The van der Waals surface area contributed by atoms with Gasteiger partial charge in [0, 0.05) is 6.54 Å². The fourth-order valence-corrected chi connectivity index (χ4v) is 2.38. The van der Waals surface area contributed by atoms with Gasteiger partial charge in [-0.05, 0) is 19.8 Å². The summed E-state index contributed by atoms with van der Waals surface area (Å²) < 4.78 is 0. The Bertz CT molecular complexity index is 781. The molecule has 0 fully saturated rings. The van der Waals surface area contributed by atoms with Crippen molar-refractivity contribution < 1.29 is 44.1 Å². The van der Waals surface area contributed by atoms with Crippen molar-refractivity contribution in [3.8, 4) is 0 Å². The highest BCUT2D eigenvalue weighted by molar-refractivity contribution is 5.95. The Morgan fingerprint density at radius 1 is 0.788 bits per heavy atom. The van der Waals surface area contributed by atoms with Crippen molar-refractivity contribution in [1.82, 2.24) is 16.0 Å². The van der Waals surface area contributed by atoms with Crippen molar-refractivity contribution in [2.24, 2.45) is 22.2 Å². The largest absolute Gasteiger partial charge is 0.481 e. The molecule has 33 heavy (non-hydrogen) atoms. The summed E-state index contributed by atoms with van der Waals surface area (Å²) in [4.78, 5) is 73.9. The van der Waals surface area contributed by atoms with Crippen LogP contribution < -0.4 is 33.2 Å². The predicted molar refractivity (Wildman–Crippen MR) is 111 cm³/mol. The highest BCUT2D eigenvalue weighted by Crippen LogP contribution is 2.04. The smallest absolute Gasteiger partial charge is 0.326 e. The van der Waals surface area contributed by atoms with Gasteiger partial charge in [-0.3, -0.25) is 29.0 Å². The number of hydrogen-bond donors (Lipinski definition) is 9. The van der Waals surface area contributed by atoms with Crippen LogP contribution in [-0.4, -0.2) is 87.6 Å². The van der Waals surface area contributed by atoms with Gasteiger partial charge in [0.1, 0.15) is 18.1 Å². The maximum Gasteiger partial charge on any atom is 0.326 e. The minimum Gasteiger partial charge on any atom is -0.481 e. The molecule has 16 nitrogen and oxygen atoms in total. The van der Waals surface area contributed by atoms with Crippen LogP contribution in [0.25, 0.3) is 0 Å². The molecule has 4 unspecified atom stereocenters. The topological polar surface area (TPSA) is 290 Å². The van der Waals surface area contributed by atoms with E-state index >= 15 is 0 Å². The Morgan fingerprint density at radius 3 is 1.70 bits per heavy atom. The first-order valence-corrected chi connectivity index (χ1v) is 9.63. The molecule has 0 spiro atoms. The molecule has 0 aliphatic rings. The number of carboxylic acids is 3. The summed E-state index contributed by atoms with van der Waals surface area (Å²) in [5, 5.41) is 33.3. The highest BCUT2D eigenvalue weighted by Gasteiger charge is 2.31. The van der Waals surface area contributed by atoms with E-state index in [-0.39, 0.29) is 25.3 Å². The first kappa shape index (κ1) is 29.0. The Balaban J connectivity index is 5.59. The van der Waals surface area contributed by atoms with Crippen LogP contribution in [0.2, 0.25) is 0 Å². The van der Waals surface area contributed by atoms with E-state index in [1.807, 2.05) is 5.32 Å². The zero-order valence-corrected chi connectivity index (χ0v) is 17.8. The van der Waals surface area contributed by atoms with Gasteiger partial charge in [-0.25, -0.2) is 4.79 Å². The number of guanidine groups is 1. The van der Waals surface area contributed by atoms with Crippen molar-refractivity contribution in [2.75, 3.05) is 6.54 Å². The molecule has 12 N–H and O–H groups in total. The summed E-state index contributed by atoms with van der Waals surface area (Å²) in [6.45, 7) is 1.35. The molecule has 0 aromatic carbocycles. The molecular weight excluding hydrogens is 446 g/mol. The van der Waals surface area contributed by atoms with Crippen LogP contribution in [0.3, 0.4) is 0 Å². The molecule has 186 valence electrons. The van der Waals surface area contributed by atoms with E-state index in [0.717, 1.165) is 0 Å². The number of aliphatic imine (C=N–C) groups is 1. The summed E-state index contributed by atoms with van der Waals surface area (Å²) in [5.41, 5.74) is 15.8. The molecule has 0 rings (SSSR count). The molecule has 0 bridgehead atoms. The van der Waals surface area contributed by atoms with Crippen LogP contribution in [0.15, 0.2) is 4.99 Å². The van der Waals surface area contributed by atoms with Crippen LogP contribution in [0.1, 0.15) is 32.6 Å². The van der Waals surface area contributed by atoms with E-state index in [9.17, 15) is 28.8 Å². The fourth-order valence-electron chi connectivity index (χ4n) is 2.38. The number of carboxylic acid groups (broad SMARTS) is 3. The van der Waals surface area contributed by atoms with Gasteiger partial charge in [-0.1, -0.05) is 0 Å². The third-order valence-corrected chi connectivity index (χ3v) is 4.00. The van der Waals surface area contributed by atoms with Gasteiger partial charge >= 0.3 is 17.9 Å². The molecule has 0 radical (unpaired) electrons. The maximum atomic E-state index is 12.6. The Morgan fingerprint density at radius 2 is 1.24 bits per heavy atom. The van der Waals surface area contributed by atoms with E-state index in [4.69, 9.17) is 32.5 Å². The molecular formula is C17H29N7O9. The van der Waals surface area contributed by atoms with Gasteiger partial charge in [-0.2, -0.15) is 0 Å². The van der Waals surface area contributed by atoms with Gasteiger partial charge in [0.05, 0.1) is 18.9 Å². The van der Waals surface area contributed by atoms with Gasteiger partial charge in [0.25, 0.3) is 0 Å². The summed E-state index contributed by atoms with van der Waals surface area (Å²) in [7, 11) is 0. The molecule has 0 aromatic heterocycles. The molecule has 0 saturated heterocycles. The number of carbonyl (C=O) groups excluding carboxylic acids is 3. The lowest BCUT2D eigenvalue weighted by Gasteiger charge is -2.24. The van der Waals surface area contributed by atoms with Gasteiger partial charge < -0.3 is 48.5 Å². The molecule has 0 aliphatic heterocycles. The fraction of sp³-hybridized carbons (Fsp3) is 0.588. The van der Waals surface area contributed by atoms with Crippen LogP contribution >= 0.6 is 0 Å². The van der Waals surface area contributed by atoms with E-state index in [1.165, 1.54) is 6.92 Å². The number of rotatable bonds is 15. The van der Waals surface area contributed by atoms with Gasteiger partial charge in [0.15, 0.2) is 5.96 Å². The van der Waals surface area contributed by atoms with Crippen molar-refractivity contribution in [3.63, 3.8) is 0 Å². The Kier molecular flexibility index (Phi) is 12.5. The number of aliphatic carboxylic acids is 3. The third-order valence-electron chi connectivity index (χ3n) is 4.00. The number of hydrogen-bond acceptors (Lipinski definition) is 8. The lowest BCUT2D eigenvalue weighted by molar-refractivity contribution is -0.147. The van der Waals surface area contributed by atoms with E-state index in [1.54, 1.807) is 0 Å². The molecule has 3 amide bonds. The number of carbonyl (C=O) groups is 6. The van der Waals surface area contributed by atoms with E-state index in [0.29, 0.717) is 0 Å². The Hall–Kier alpha value is -3.95. The van der Waals surface area contributed by atoms with Crippen LogP contribution in [0, 0.1) is 0 Å². The molecule has 4 atom stereocenters. The normalized spacial score (nSPS) is 14.0. The molecule has 0 saturated carbocycles. The van der Waals surface area contributed by atoms with Gasteiger partial charge in [-0.15, -0.1) is 0 Å². The summed E-state index contributed by atoms with van der Waals surface area (Å²) >= 11 is 0. The van der Waals surface area contributed by atoms with Crippen molar-refractivity contribution >= 4 is 41.6 Å². The van der Waals surface area contributed by atoms with Crippen LogP contribution in [0.4, 0.5) is 0 Å². The van der Waals surface area contributed by atoms with Crippen molar-refractivity contribution in [3.05, 3.63) is 0 Å². The first-order chi connectivity index (χ1) is 15.2. The third kappa shape index (κ3) is 12.5. The number of amides is 3. The number of nitrogens with one attached hydrogen (secondary N) is 3. The van der Waals surface area contributed by atoms with Crippen LogP contribution in [-0.2, 0) is 28.8 Å². The minimum atomic E-state index is -1.79. The Labute approximate surface area is 187 Å². The monoisotopic (exact) mass is 475 g/mol. The molecule has 0 aromatic rings. The zero-order valence-electron chi connectivity index (χ0n) is 17.8.